The van der Waals surface area contributed by atoms with Crippen LogP contribution in [0.3, 0.4) is 0 Å². The summed E-state index contributed by atoms with van der Waals surface area (Å²) in [6.07, 6.45) is 1.78. The number of benzene rings is 1. The molecule has 2 atom stereocenters. The van der Waals surface area contributed by atoms with Crippen molar-refractivity contribution in [2.45, 2.75) is 39.7 Å². The molecule has 0 fully saturated rings. The van der Waals surface area contributed by atoms with Crippen LogP contribution in [0.4, 0.5) is 0 Å². The lowest BCUT2D eigenvalue weighted by Crippen LogP contribution is -2.29. The van der Waals surface area contributed by atoms with Crippen LogP contribution < -0.4 is 4.74 Å². The summed E-state index contributed by atoms with van der Waals surface area (Å²) in [4.78, 5) is 22.7. The fourth-order valence-electron chi connectivity index (χ4n) is 1.62. The normalized spacial score (nSPS) is 13.5. The molecule has 0 unspecified atom stereocenters. The van der Waals surface area contributed by atoms with E-state index in [1.165, 1.54) is 24.3 Å². The molecule has 0 spiro atoms. The molecule has 21 heavy (non-hydrogen) atoms. The fraction of sp³-hybridized carbons (Fsp3) is 0.500. The molecule has 116 valence electrons. The Bertz CT molecular complexity index is 466. The van der Waals surface area contributed by atoms with Gasteiger partial charge in [-0.25, -0.2) is 4.79 Å². The van der Waals surface area contributed by atoms with Crippen molar-refractivity contribution in [3.8, 4) is 5.75 Å². The Hall–Kier alpha value is -1.88. The van der Waals surface area contributed by atoms with Gasteiger partial charge in [0.25, 0.3) is 0 Å². The monoisotopic (exact) mass is 294 g/mol. The number of hydrogen-bond acceptors (Lipinski definition) is 4. The lowest BCUT2D eigenvalue weighted by Gasteiger charge is -2.19. The van der Waals surface area contributed by atoms with Crippen LogP contribution in [-0.2, 0) is 9.53 Å². The molecule has 0 saturated carbocycles. The van der Waals surface area contributed by atoms with Gasteiger partial charge in [0.15, 0.2) is 0 Å². The van der Waals surface area contributed by atoms with E-state index in [9.17, 15) is 9.59 Å². The standard InChI is InChI=1S/C16H22O5/c1-4-5-10-20-12(3)11(2)16(19)21-14-8-6-13(7-9-14)15(17)18/h6-9,11-12H,4-5,10H2,1-3H3,(H,17,18)/t11-,12+/m1/s1. The minimum atomic E-state index is -1.01. The second-order valence-corrected chi connectivity index (χ2v) is 4.97. The van der Waals surface area contributed by atoms with Crippen molar-refractivity contribution in [3.05, 3.63) is 29.8 Å². The Morgan fingerprint density at radius 2 is 1.81 bits per heavy atom. The number of hydrogen-bond donors (Lipinski definition) is 1. The maximum absolute atomic E-state index is 12.0. The van der Waals surface area contributed by atoms with Gasteiger partial charge in [0, 0.05) is 6.61 Å². The quantitative estimate of drug-likeness (QED) is 0.453. The summed E-state index contributed by atoms with van der Waals surface area (Å²) in [5, 5.41) is 8.80. The summed E-state index contributed by atoms with van der Waals surface area (Å²) in [5.41, 5.74) is 0.152. The number of aromatic carboxylic acids is 1. The maximum Gasteiger partial charge on any atom is 0.335 e. The van der Waals surface area contributed by atoms with E-state index in [4.69, 9.17) is 14.6 Å². The summed E-state index contributed by atoms with van der Waals surface area (Å²) in [6.45, 7) is 6.30. The third-order valence-electron chi connectivity index (χ3n) is 3.27. The molecule has 5 nitrogen and oxygen atoms in total. The van der Waals surface area contributed by atoms with Gasteiger partial charge in [0.05, 0.1) is 17.6 Å². The number of carboxylic acid groups (broad SMARTS) is 1. The van der Waals surface area contributed by atoms with E-state index < -0.39 is 5.97 Å². The summed E-state index contributed by atoms with van der Waals surface area (Å²) in [6, 6.07) is 5.74. The Labute approximate surface area is 124 Å². The summed E-state index contributed by atoms with van der Waals surface area (Å²) >= 11 is 0. The molecule has 0 aromatic heterocycles. The zero-order chi connectivity index (χ0) is 15.8. The van der Waals surface area contributed by atoms with Crippen molar-refractivity contribution < 1.29 is 24.2 Å². The smallest absolute Gasteiger partial charge is 0.335 e. The van der Waals surface area contributed by atoms with E-state index in [0.717, 1.165) is 12.8 Å². The highest BCUT2D eigenvalue weighted by Crippen LogP contribution is 2.16. The summed E-state index contributed by atoms with van der Waals surface area (Å²) < 4.78 is 10.8. The lowest BCUT2D eigenvalue weighted by atomic mass is 10.1. The first kappa shape index (κ1) is 17.2. The van der Waals surface area contributed by atoms with Crippen LogP contribution >= 0.6 is 0 Å². The van der Waals surface area contributed by atoms with Crippen molar-refractivity contribution in [2.75, 3.05) is 6.61 Å². The summed E-state index contributed by atoms with van der Waals surface area (Å²) in [5.74, 6) is -1.46. The van der Waals surface area contributed by atoms with Crippen LogP contribution in [0.15, 0.2) is 24.3 Å². The van der Waals surface area contributed by atoms with E-state index in [0.29, 0.717) is 12.4 Å². The van der Waals surface area contributed by atoms with Crippen LogP contribution in [0.25, 0.3) is 0 Å². The van der Waals surface area contributed by atoms with E-state index in [1.807, 2.05) is 6.92 Å². The predicted octanol–water partition coefficient (Wildman–Crippen LogP) is 3.13. The van der Waals surface area contributed by atoms with Gasteiger partial charge < -0.3 is 14.6 Å². The molecule has 0 radical (unpaired) electrons. The highest BCUT2D eigenvalue weighted by atomic mass is 16.5. The molecular formula is C16H22O5. The van der Waals surface area contributed by atoms with Crippen molar-refractivity contribution >= 4 is 11.9 Å². The molecule has 0 heterocycles. The van der Waals surface area contributed by atoms with E-state index in [2.05, 4.69) is 6.92 Å². The van der Waals surface area contributed by atoms with Gasteiger partial charge >= 0.3 is 11.9 Å². The first-order valence-electron chi connectivity index (χ1n) is 7.12. The molecule has 1 rings (SSSR count). The summed E-state index contributed by atoms with van der Waals surface area (Å²) in [7, 11) is 0. The SMILES string of the molecule is CCCCO[C@@H](C)[C@@H](C)C(=O)Oc1ccc(C(=O)O)cc1. The van der Waals surface area contributed by atoms with Crippen LogP contribution in [0.2, 0.25) is 0 Å². The van der Waals surface area contributed by atoms with Gasteiger partial charge in [0.2, 0.25) is 0 Å². The minimum absolute atomic E-state index is 0.152. The van der Waals surface area contributed by atoms with Gasteiger partial charge in [-0.1, -0.05) is 13.3 Å². The average molecular weight is 294 g/mol. The van der Waals surface area contributed by atoms with Crippen LogP contribution in [0.5, 0.6) is 5.75 Å². The van der Waals surface area contributed by atoms with Gasteiger partial charge in [-0.05, 0) is 44.5 Å². The number of carbonyl (C=O) groups excluding carboxylic acids is 1. The van der Waals surface area contributed by atoms with Gasteiger partial charge in [-0.2, -0.15) is 0 Å². The molecule has 0 aliphatic heterocycles. The van der Waals surface area contributed by atoms with Crippen LogP contribution in [0.1, 0.15) is 44.0 Å². The molecule has 5 heteroatoms. The second-order valence-electron chi connectivity index (χ2n) is 4.97. The number of esters is 1. The fourth-order valence-corrected chi connectivity index (χ4v) is 1.62. The molecule has 0 aliphatic carbocycles. The van der Waals surface area contributed by atoms with Crippen LogP contribution in [-0.4, -0.2) is 29.8 Å². The highest BCUT2D eigenvalue weighted by molar-refractivity contribution is 5.87. The van der Waals surface area contributed by atoms with Gasteiger partial charge in [0.1, 0.15) is 5.75 Å². The first-order valence-corrected chi connectivity index (χ1v) is 7.12. The molecule has 0 saturated heterocycles. The predicted molar refractivity (Wildman–Crippen MR) is 78.5 cm³/mol. The second kappa shape index (κ2) is 8.42. The molecular weight excluding hydrogens is 272 g/mol. The number of rotatable bonds is 8. The maximum atomic E-state index is 12.0. The Kier molecular flexibility index (Phi) is 6.88. The molecule has 1 aromatic carbocycles. The zero-order valence-electron chi connectivity index (χ0n) is 12.7. The molecule has 0 bridgehead atoms. The highest BCUT2D eigenvalue weighted by Gasteiger charge is 2.22. The molecule has 1 N–H and O–H groups in total. The van der Waals surface area contributed by atoms with Gasteiger partial charge in [-0.15, -0.1) is 0 Å². The number of carbonyl (C=O) groups is 2. The number of ether oxygens (including phenoxy) is 2. The zero-order valence-corrected chi connectivity index (χ0v) is 12.7. The third kappa shape index (κ3) is 5.55. The Morgan fingerprint density at radius 1 is 1.19 bits per heavy atom. The van der Waals surface area contributed by atoms with Gasteiger partial charge in [-0.3, -0.25) is 4.79 Å². The largest absolute Gasteiger partial charge is 0.478 e. The Balaban J connectivity index is 2.53. The lowest BCUT2D eigenvalue weighted by molar-refractivity contribution is -0.143. The van der Waals surface area contributed by atoms with Crippen molar-refractivity contribution in [3.63, 3.8) is 0 Å². The van der Waals surface area contributed by atoms with Crippen molar-refractivity contribution in [1.29, 1.82) is 0 Å². The number of carboxylic acids is 1. The molecule has 0 amide bonds. The topological polar surface area (TPSA) is 72.8 Å². The minimum Gasteiger partial charge on any atom is -0.478 e. The average Bonchev–Trinajstić information content (AvgIpc) is 2.47. The third-order valence-corrected chi connectivity index (χ3v) is 3.27. The van der Waals surface area contributed by atoms with E-state index in [-0.39, 0.29) is 23.6 Å². The number of unbranched alkanes of at least 4 members (excludes halogenated alkanes) is 1. The van der Waals surface area contributed by atoms with Crippen LogP contribution in [0, 0.1) is 5.92 Å². The van der Waals surface area contributed by atoms with E-state index in [1.54, 1.807) is 6.92 Å². The van der Waals surface area contributed by atoms with Crippen molar-refractivity contribution in [1.82, 2.24) is 0 Å². The molecule has 0 aliphatic rings. The Morgan fingerprint density at radius 3 is 2.33 bits per heavy atom. The first-order chi connectivity index (χ1) is 9.95. The van der Waals surface area contributed by atoms with Crippen molar-refractivity contribution in [2.24, 2.45) is 5.92 Å². The van der Waals surface area contributed by atoms with E-state index >= 15 is 0 Å². The molecule has 1 aromatic rings.